The van der Waals surface area contributed by atoms with Gasteiger partial charge >= 0.3 is 0 Å². The maximum absolute atomic E-state index is 12.6. The fraction of sp³-hybridized carbons (Fsp3) is 0.333. The van der Waals surface area contributed by atoms with Crippen LogP contribution in [0.15, 0.2) is 54.6 Å². The first-order chi connectivity index (χ1) is 12.5. The number of benzene rings is 2. The predicted molar refractivity (Wildman–Crippen MR) is 112 cm³/mol. The van der Waals surface area contributed by atoms with Crippen molar-refractivity contribution in [3.05, 3.63) is 65.7 Å². The van der Waals surface area contributed by atoms with E-state index in [0.29, 0.717) is 18.5 Å². The van der Waals surface area contributed by atoms with Gasteiger partial charge in [0, 0.05) is 17.8 Å². The highest BCUT2D eigenvalue weighted by atomic mass is 35.5. The number of amides is 2. The Hall–Kier alpha value is -2.53. The Balaban J connectivity index is 0.00000364. The second-order valence-corrected chi connectivity index (χ2v) is 6.49. The molecule has 0 heterocycles. The molecule has 2 aromatic carbocycles. The van der Waals surface area contributed by atoms with Crippen LogP contribution in [-0.2, 0) is 11.2 Å². The van der Waals surface area contributed by atoms with Gasteiger partial charge in [-0.05, 0) is 42.2 Å². The molecule has 2 unspecified atom stereocenters. The Bertz CT molecular complexity index is 720. The summed E-state index contributed by atoms with van der Waals surface area (Å²) in [6, 6.07) is 16.0. The normalized spacial score (nSPS) is 12.4. The van der Waals surface area contributed by atoms with Crippen LogP contribution >= 0.6 is 12.4 Å². The molecule has 0 bridgehead atoms. The molecule has 2 rings (SSSR count). The molecular weight excluding hydrogens is 362 g/mol. The molecule has 0 aliphatic carbocycles. The van der Waals surface area contributed by atoms with Gasteiger partial charge in [-0.25, -0.2) is 0 Å². The first-order valence-corrected chi connectivity index (χ1v) is 8.99. The summed E-state index contributed by atoms with van der Waals surface area (Å²) >= 11 is 0. The quantitative estimate of drug-likeness (QED) is 0.606. The van der Waals surface area contributed by atoms with Gasteiger partial charge in [0.05, 0.1) is 0 Å². The summed E-state index contributed by atoms with van der Waals surface area (Å²) in [6.07, 6.45) is 1.51. The minimum atomic E-state index is -0.556. The minimum Gasteiger partial charge on any atom is -0.399 e. The van der Waals surface area contributed by atoms with Crippen molar-refractivity contribution in [2.45, 2.75) is 32.7 Å². The number of rotatable bonds is 8. The monoisotopic (exact) mass is 389 g/mol. The third-order valence-corrected chi connectivity index (χ3v) is 4.51. The number of nitrogen functional groups attached to an aromatic ring is 1. The van der Waals surface area contributed by atoms with Crippen LogP contribution in [0.1, 0.15) is 36.2 Å². The molecule has 0 aliphatic rings. The summed E-state index contributed by atoms with van der Waals surface area (Å²) in [5.74, 6) is -0.345. The van der Waals surface area contributed by atoms with Crippen molar-refractivity contribution in [1.82, 2.24) is 10.6 Å². The Morgan fingerprint density at radius 3 is 2.26 bits per heavy atom. The molecule has 0 spiro atoms. The molecule has 0 aromatic heterocycles. The predicted octanol–water partition coefficient (Wildman–Crippen LogP) is 3.19. The topological polar surface area (TPSA) is 84.2 Å². The molecule has 2 atom stereocenters. The zero-order valence-electron chi connectivity index (χ0n) is 15.8. The third-order valence-electron chi connectivity index (χ3n) is 4.51. The van der Waals surface area contributed by atoms with Gasteiger partial charge in [-0.3, -0.25) is 9.59 Å². The fourth-order valence-corrected chi connectivity index (χ4v) is 2.64. The average molecular weight is 390 g/mol. The Kier molecular flexibility index (Phi) is 9.37. The standard InChI is InChI=1S/C21H27N3O2.ClH/c1-3-15(2)19(24-20(25)17-7-5-4-6-8-17)21(26)23-14-13-16-9-11-18(22)12-10-16;/h4-12,15,19H,3,13-14,22H2,1-2H3,(H,23,26)(H,24,25);1H. The largest absolute Gasteiger partial charge is 0.399 e. The van der Waals surface area contributed by atoms with Gasteiger partial charge in [0.25, 0.3) is 5.91 Å². The van der Waals surface area contributed by atoms with Gasteiger partial charge in [-0.1, -0.05) is 50.6 Å². The van der Waals surface area contributed by atoms with Crippen LogP contribution in [-0.4, -0.2) is 24.4 Å². The molecule has 0 saturated heterocycles. The van der Waals surface area contributed by atoms with E-state index in [2.05, 4.69) is 10.6 Å². The van der Waals surface area contributed by atoms with E-state index in [1.807, 2.05) is 44.2 Å². The zero-order chi connectivity index (χ0) is 18.9. The summed E-state index contributed by atoms with van der Waals surface area (Å²) in [4.78, 5) is 25.0. The number of nitrogens with two attached hydrogens (primary N) is 1. The molecule has 27 heavy (non-hydrogen) atoms. The van der Waals surface area contributed by atoms with E-state index in [0.717, 1.165) is 17.7 Å². The summed E-state index contributed by atoms with van der Waals surface area (Å²) < 4.78 is 0. The molecule has 0 aliphatic heterocycles. The highest BCUT2D eigenvalue weighted by molar-refractivity contribution is 5.97. The molecule has 5 nitrogen and oxygen atoms in total. The van der Waals surface area contributed by atoms with E-state index in [1.54, 1.807) is 24.3 Å². The van der Waals surface area contributed by atoms with Gasteiger partial charge in [-0.15, -0.1) is 12.4 Å². The number of carbonyl (C=O) groups excluding carboxylic acids is 2. The lowest BCUT2D eigenvalue weighted by atomic mass is 9.97. The molecule has 2 amide bonds. The van der Waals surface area contributed by atoms with Gasteiger partial charge in [-0.2, -0.15) is 0 Å². The van der Waals surface area contributed by atoms with E-state index < -0.39 is 6.04 Å². The van der Waals surface area contributed by atoms with Crippen LogP contribution in [0.2, 0.25) is 0 Å². The van der Waals surface area contributed by atoms with Crippen LogP contribution in [0, 0.1) is 5.92 Å². The zero-order valence-corrected chi connectivity index (χ0v) is 16.6. The van der Waals surface area contributed by atoms with Crippen molar-refractivity contribution in [3.63, 3.8) is 0 Å². The molecule has 2 aromatic rings. The first kappa shape index (κ1) is 22.5. The van der Waals surface area contributed by atoms with E-state index in [4.69, 9.17) is 5.73 Å². The van der Waals surface area contributed by atoms with E-state index >= 15 is 0 Å². The first-order valence-electron chi connectivity index (χ1n) is 8.99. The minimum absolute atomic E-state index is 0. The lowest BCUT2D eigenvalue weighted by molar-refractivity contribution is -0.124. The molecule has 4 N–H and O–H groups in total. The van der Waals surface area contributed by atoms with E-state index in [-0.39, 0.29) is 30.1 Å². The fourth-order valence-electron chi connectivity index (χ4n) is 2.64. The molecule has 0 saturated carbocycles. The van der Waals surface area contributed by atoms with Gasteiger partial charge < -0.3 is 16.4 Å². The van der Waals surface area contributed by atoms with Crippen LogP contribution in [0.4, 0.5) is 5.69 Å². The van der Waals surface area contributed by atoms with Crippen LogP contribution in [0.3, 0.4) is 0 Å². The van der Waals surface area contributed by atoms with E-state index in [9.17, 15) is 9.59 Å². The highest BCUT2D eigenvalue weighted by Gasteiger charge is 2.25. The van der Waals surface area contributed by atoms with Crippen molar-refractivity contribution in [3.8, 4) is 0 Å². The van der Waals surface area contributed by atoms with Crippen molar-refractivity contribution < 1.29 is 9.59 Å². The summed E-state index contributed by atoms with van der Waals surface area (Å²) in [6.45, 7) is 4.49. The van der Waals surface area contributed by atoms with Crippen molar-refractivity contribution >= 4 is 29.9 Å². The second-order valence-electron chi connectivity index (χ2n) is 6.49. The smallest absolute Gasteiger partial charge is 0.251 e. The molecule has 146 valence electrons. The number of hydrogen-bond donors (Lipinski definition) is 3. The third kappa shape index (κ3) is 6.94. The Labute approximate surface area is 167 Å². The molecule has 0 radical (unpaired) electrons. The summed E-state index contributed by atoms with van der Waals surface area (Å²) in [5, 5.41) is 5.81. The lowest BCUT2D eigenvalue weighted by Gasteiger charge is -2.23. The molecule has 6 heteroatoms. The summed E-state index contributed by atoms with van der Waals surface area (Å²) in [5.41, 5.74) is 8.05. The Morgan fingerprint density at radius 1 is 1.04 bits per heavy atom. The van der Waals surface area contributed by atoms with Crippen LogP contribution < -0.4 is 16.4 Å². The Morgan fingerprint density at radius 2 is 1.67 bits per heavy atom. The number of halogens is 1. The van der Waals surface area contributed by atoms with Gasteiger partial charge in [0.2, 0.25) is 5.91 Å². The van der Waals surface area contributed by atoms with Crippen LogP contribution in [0.5, 0.6) is 0 Å². The van der Waals surface area contributed by atoms with Crippen LogP contribution in [0.25, 0.3) is 0 Å². The summed E-state index contributed by atoms with van der Waals surface area (Å²) in [7, 11) is 0. The molecule has 0 fully saturated rings. The maximum atomic E-state index is 12.6. The lowest BCUT2D eigenvalue weighted by Crippen LogP contribution is -2.50. The number of nitrogens with one attached hydrogen (secondary N) is 2. The van der Waals surface area contributed by atoms with Crippen molar-refractivity contribution in [2.75, 3.05) is 12.3 Å². The second kappa shape index (κ2) is 11.2. The van der Waals surface area contributed by atoms with Crippen molar-refractivity contribution in [2.24, 2.45) is 5.92 Å². The number of anilines is 1. The van der Waals surface area contributed by atoms with E-state index in [1.165, 1.54) is 0 Å². The average Bonchev–Trinajstić information content (AvgIpc) is 2.67. The number of hydrogen-bond acceptors (Lipinski definition) is 3. The SMILES string of the molecule is CCC(C)C(NC(=O)c1ccccc1)C(=O)NCCc1ccc(N)cc1.Cl. The number of carbonyl (C=O) groups is 2. The van der Waals surface area contributed by atoms with Gasteiger partial charge in [0.1, 0.15) is 6.04 Å². The van der Waals surface area contributed by atoms with Gasteiger partial charge in [0.15, 0.2) is 0 Å². The highest BCUT2D eigenvalue weighted by Crippen LogP contribution is 2.10. The maximum Gasteiger partial charge on any atom is 0.251 e. The van der Waals surface area contributed by atoms with Crippen molar-refractivity contribution in [1.29, 1.82) is 0 Å². The molecular formula is C21H28ClN3O2.